The highest BCUT2D eigenvalue weighted by atomic mass is 35.5. The van der Waals surface area contributed by atoms with E-state index in [9.17, 15) is 18.0 Å². The van der Waals surface area contributed by atoms with E-state index < -0.39 is 27.2 Å². The van der Waals surface area contributed by atoms with Crippen molar-refractivity contribution >= 4 is 27.6 Å². The second kappa shape index (κ2) is 12.6. The Morgan fingerprint density at radius 3 is 2.38 bits per heavy atom. The predicted octanol–water partition coefficient (Wildman–Crippen LogP) is 5.61. The lowest BCUT2D eigenvalue weighted by Crippen LogP contribution is -2.40. The number of nitrogens with one attached hydrogen (secondary N) is 1. The summed E-state index contributed by atoms with van der Waals surface area (Å²) in [4.78, 5) is 25.9. The third-order valence-electron chi connectivity index (χ3n) is 6.51. The summed E-state index contributed by atoms with van der Waals surface area (Å²) in [7, 11) is -2.48. The molecule has 0 aliphatic rings. The van der Waals surface area contributed by atoms with Gasteiger partial charge < -0.3 is 4.74 Å². The second-order valence-electron chi connectivity index (χ2n) is 11.0. The Kier molecular flexibility index (Phi) is 9.40. The molecule has 11 heteroatoms. The number of aryl methyl sites for hydroxylation is 1. The van der Waals surface area contributed by atoms with Crippen LogP contribution in [-0.2, 0) is 27.7 Å². The molecule has 4 rings (SSSR count). The first-order valence-corrected chi connectivity index (χ1v) is 15.5. The van der Waals surface area contributed by atoms with Gasteiger partial charge in [0.2, 0.25) is 10.0 Å². The van der Waals surface area contributed by atoms with Crippen LogP contribution in [0.4, 0.5) is 0 Å². The van der Waals surface area contributed by atoms with Crippen molar-refractivity contribution in [2.24, 2.45) is 0 Å². The molecule has 4 aromatic rings. The van der Waals surface area contributed by atoms with Gasteiger partial charge in [0, 0.05) is 17.5 Å². The Morgan fingerprint density at radius 2 is 1.74 bits per heavy atom. The van der Waals surface area contributed by atoms with Crippen LogP contribution < -0.4 is 10.4 Å². The Hall–Kier alpha value is -3.73. The van der Waals surface area contributed by atoms with Crippen LogP contribution in [0.3, 0.4) is 0 Å². The molecule has 0 saturated carbocycles. The Balaban J connectivity index is 1.70. The monoisotopic (exact) mass is 610 g/mol. The number of benzene rings is 3. The van der Waals surface area contributed by atoms with Gasteiger partial charge in [-0.15, -0.1) is 5.10 Å². The molecule has 42 heavy (non-hydrogen) atoms. The van der Waals surface area contributed by atoms with Gasteiger partial charge in [0.05, 0.1) is 34.8 Å². The molecule has 0 radical (unpaired) electrons. The van der Waals surface area contributed by atoms with Crippen LogP contribution >= 0.6 is 11.6 Å². The van der Waals surface area contributed by atoms with Gasteiger partial charge in [-0.1, -0.05) is 67.4 Å². The summed E-state index contributed by atoms with van der Waals surface area (Å²) in [5.74, 6) is 0.0467. The first kappa shape index (κ1) is 31.2. The number of esters is 1. The van der Waals surface area contributed by atoms with Gasteiger partial charge in [0.1, 0.15) is 5.82 Å². The molecule has 0 spiro atoms. The van der Waals surface area contributed by atoms with Crippen molar-refractivity contribution in [1.82, 2.24) is 19.1 Å². The quantitative estimate of drug-likeness (QED) is 0.234. The van der Waals surface area contributed by atoms with Gasteiger partial charge in [0.15, 0.2) is 0 Å². The maximum atomic E-state index is 13.6. The Bertz CT molecular complexity index is 1750. The van der Waals surface area contributed by atoms with Crippen molar-refractivity contribution in [3.63, 3.8) is 0 Å². The third kappa shape index (κ3) is 7.00. The standard InChI is InChI=1S/C31H35ClN4O5S/c1-6-7-12-28-33-36(26-19-23(29(37)41-5)17-18-25(26)32)30(38)35(28)20-21-13-15-22(16-14-21)24-10-8-9-11-27(24)42(39,40)34-31(2,3)4/h8-11,13-19,34H,6-7,12,20H2,1-5H3. The number of sulfonamides is 1. The molecule has 9 nitrogen and oxygen atoms in total. The van der Waals surface area contributed by atoms with Gasteiger partial charge in [0.25, 0.3) is 0 Å². The molecule has 0 aliphatic carbocycles. The number of rotatable bonds is 10. The molecule has 0 amide bonds. The Labute approximate surface area is 251 Å². The van der Waals surface area contributed by atoms with E-state index >= 15 is 0 Å². The topological polar surface area (TPSA) is 112 Å². The number of nitrogens with zero attached hydrogens (tertiary/aromatic N) is 3. The van der Waals surface area contributed by atoms with Crippen LogP contribution in [0.1, 0.15) is 62.3 Å². The highest BCUT2D eigenvalue weighted by molar-refractivity contribution is 7.89. The van der Waals surface area contributed by atoms with E-state index in [4.69, 9.17) is 16.3 Å². The molecule has 1 aromatic heterocycles. The molecule has 0 bridgehead atoms. The first-order chi connectivity index (χ1) is 19.8. The van der Waals surface area contributed by atoms with E-state index in [0.717, 1.165) is 24.0 Å². The average molecular weight is 611 g/mol. The minimum atomic E-state index is -3.76. The summed E-state index contributed by atoms with van der Waals surface area (Å²) in [5.41, 5.74) is 1.67. The van der Waals surface area contributed by atoms with Gasteiger partial charge in [-0.2, -0.15) is 4.68 Å². The summed E-state index contributed by atoms with van der Waals surface area (Å²) >= 11 is 6.42. The van der Waals surface area contributed by atoms with Crippen molar-refractivity contribution in [3.05, 3.63) is 99.2 Å². The van der Waals surface area contributed by atoms with E-state index in [1.807, 2.05) is 24.3 Å². The van der Waals surface area contributed by atoms with Gasteiger partial charge in [-0.05, 0) is 62.6 Å². The number of carbonyl (C=O) groups excluding carboxylic acids is 1. The van der Waals surface area contributed by atoms with Crippen LogP contribution in [0, 0.1) is 0 Å². The van der Waals surface area contributed by atoms with E-state index in [1.54, 1.807) is 49.6 Å². The van der Waals surface area contributed by atoms with E-state index in [2.05, 4.69) is 16.7 Å². The second-order valence-corrected chi connectivity index (χ2v) is 13.1. The zero-order valence-electron chi connectivity index (χ0n) is 24.3. The van der Waals surface area contributed by atoms with Gasteiger partial charge >= 0.3 is 11.7 Å². The lowest BCUT2D eigenvalue weighted by atomic mass is 10.0. The number of ether oxygens (including phenoxy) is 1. The lowest BCUT2D eigenvalue weighted by molar-refractivity contribution is 0.0600. The van der Waals surface area contributed by atoms with Crippen LogP contribution in [0.15, 0.2) is 76.4 Å². The van der Waals surface area contributed by atoms with Gasteiger partial charge in [-0.3, -0.25) is 4.57 Å². The fourth-order valence-corrected chi connectivity index (χ4v) is 6.41. The molecular weight excluding hydrogens is 576 g/mol. The molecule has 3 aromatic carbocycles. The fourth-order valence-electron chi connectivity index (χ4n) is 4.56. The lowest BCUT2D eigenvalue weighted by Gasteiger charge is -2.21. The SMILES string of the molecule is CCCCc1nn(-c2cc(C(=O)OC)ccc2Cl)c(=O)n1Cc1ccc(-c2ccccc2S(=O)(=O)NC(C)(C)C)cc1. The minimum absolute atomic E-state index is 0.193. The van der Waals surface area contributed by atoms with Gasteiger partial charge in [-0.25, -0.2) is 22.7 Å². The normalized spacial score (nSPS) is 12.0. The average Bonchev–Trinajstić information content (AvgIpc) is 3.25. The number of hydrogen-bond acceptors (Lipinski definition) is 6. The van der Waals surface area contributed by atoms with Crippen LogP contribution in [0.2, 0.25) is 5.02 Å². The summed E-state index contributed by atoms with van der Waals surface area (Å²) in [6.45, 7) is 7.70. The van der Waals surface area contributed by atoms with Crippen molar-refractivity contribution < 1.29 is 17.9 Å². The smallest absolute Gasteiger partial charge is 0.351 e. The summed E-state index contributed by atoms with van der Waals surface area (Å²) < 4.78 is 36.6. The maximum absolute atomic E-state index is 13.6. The molecule has 0 fully saturated rings. The highest BCUT2D eigenvalue weighted by Gasteiger charge is 2.25. The molecule has 0 saturated heterocycles. The number of unbranched alkanes of at least 4 members (excludes halogenated alkanes) is 1. The summed E-state index contributed by atoms with van der Waals surface area (Å²) in [5, 5.41) is 4.86. The molecule has 1 heterocycles. The maximum Gasteiger partial charge on any atom is 0.351 e. The van der Waals surface area contributed by atoms with Crippen molar-refractivity contribution in [2.75, 3.05) is 7.11 Å². The fraction of sp³-hybridized carbons (Fsp3) is 0.323. The van der Waals surface area contributed by atoms with Crippen LogP contribution in [0.25, 0.3) is 16.8 Å². The summed E-state index contributed by atoms with van der Waals surface area (Å²) in [6, 6.07) is 18.8. The number of hydrogen-bond donors (Lipinski definition) is 1. The third-order valence-corrected chi connectivity index (χ3v) is 8.65. The molecule has 1 N–H and O–H groups in total. The highest BCUT2D eigenvalue weighted by Crippen LogP contribution is 2.28. The number of halogens is 1. The van der Waals surface area contributed by atoms with E-state index in [0.29, 0.717) is 17.8 Å². The van der Waals surface area contributed by atoms with Crippen molar-refractivity contribution in [3.8, 4) is 16.8 Å². The number of carbonyl (C=O) groups is 1. The largest absolute Gasteiger partial charge is 0.465 e. The zero-order valence-corrected chi connectivity index (χ0v) is 25.9. The Morgan fingerprint density at radius 1 is 1.05 bits per heavy atom. The number of aromatic nitrogens is 3. The molecular formula is C31H35ClN4O5S. The van der Waals surface area contributed by atoms with Crippen molar-refractivity contribution in [2.45, 2.75) is 63.9 Å². The van der Waals surface area contributed by atoms with E-state index in [1.165, 1.54) is 30.0 Å². The zero-order chi connectivity index (χ0) is 30.7. The minimum Gasteiger partial charge on any atom is -0.465 e. The summed E-state index contributed by atoms with van der Waals surface area (Å²) in [6.07, 6.45) is 2.33. The van der Waals surface area contributed by atoms with Crippen LogP contribution in [-0.4, -0.2) is 41.4 Å². The first-order valence-electron chi connectivity index (χ1n) is 13.6. The van der Waals surface area contributed by atoms with Crippen LogP contribution in [0.5, 0.6) is 0 Å². The molecule has 222 valence electrons. The molecule has 0 unspecified atom stereocenters. The molecule has 0 aliphatic heterocycles. The molecule has 0 atom stereocenters. The predicted molar refractivity (Wildman–Crippen MR) is 164 cm³/mol. The van der Waals surface area contributed by atoms with E-state index in [-0.39, 0.29) is 27.7 Å². The number of methoxy groups -OCH3 is 1. The van der Waals surface area contributed by atoms with Crippen molar-refractivity contribution in [1.29, 1.82) is 0 Å².